The molecule has 2 aromatic rings. The normalized spacial score (nSPS) is 9.67. The van der Waals surface area contributed by atoms with E-state index in [9.17, 15) is 0 Å². The number of hydrogen-bond donors (Lipinski definition) is 1. The summed E-state index contributed by atoms with van der Waals surface area (Å²) in [5.74, 6) is 7.21. The first-order valence-electron chi connectivity index (χ1n) is 6.47. The van der Waals surface area contributed by atoms with E-state index < -0.39 is 0 Å². The molecule has 0 aliphatic heterocycles. The van der Waals surface area contributed by atoms with Crippen molar-refractivity contribution in [2.45, 2.75) is 6.61 Å². The zero-order chi connectivity index (χ0) is 15.1. The minimum atomic E-state index is 0.293. The fraction of sp³-hybridized carbons (Fsp3) is 0.176. The van der Waals surface area contributed by atoms with E-state index in [2.05, 4.69) is 11.8 Å². The number of methoxy groups -OCH3 is 1. The molecule has 0 aromatic heterocycles. The molecule has 0 atom stereocenters. The van der Waals surface area contributed by atoms with Crippen molar-refractivity contribution in [3.05, 3.63) is 58.6 Å². The smallest absolute Gasteiger partial charge is 0.135 e. The Morgan fingerprint density at radius 2 is 2.00 bits per heavy atom. The molecule has 0 saturated heterocycles. The maximum Gasteiger partial charge on any atom is 0.135 e. The Hall–Kier alpha value is -2.15. The molecule has 108 valence electrons. The average Bonchev–Trinajstić information content (AvgIpc) is 2.52. The van der Waals surface area contributed by atoms with E-state index in [1.165, 1.54) is 0 Å². The standard InChI is InChI=1S/C17H16ClNO2/c1-20-15-8-9-17(13(11-15)6-4-10-19)21-12-14-5-2-3-7-16(14)18/h2-3,5,7-9,11H,10,12,19H2,1H3. The first kappa shape index (κ1) is 15.2. The molecule has 4 heteroatoms. The molecular formula is C17H16ClNO2. The average molecular weight is 302 g/mol. The van der Waals surface area contributed by atoms with E-state index in [0.29, 0.717) is 23.9 Å². The summed E-state index contributed by atoms with van der Waals surface area (Å²) >= 11 is 6.12. The molecule has 3 nitrogen and oxygen atoms in total. The van der Waals surface area contributed by atoms with Gasteiger partial charge in [-0.3, -0.25) is 0 Å². The highest BCUT2D eigenvalue weighted by atomic mass is 35.5. The summed E-state index contributed by atoms with van der Waals surface area (Å²) < 4.78 is 11.0. The number of nitrogens with two attached hydrogens (primary N) is 1. The summed E-state index contributed by atoms with van der Waals surface area (Å²) in [7, 11) is 1.61. The van der Waals surface area contributed by atoms with Gasteiger partial charge < -0.3 is 15.2 Å². The van der Waals surface area contributed by atoms with E-state index in [4.69, 9.17) is 26.8 Å². The molecule has 2 aromatic carbocycles. The quantitative estimate of drug-likeness (QED) is 0.882. The second-order valence-electron chi connectivity index (χ2n) is 4.25. The van der Waals surface area contributed by atoms with E-state index in [-0.39, 0.29) is 0 Å². The molecule has 0 radical (unpaired) electrons. The van der Waals surface area contributed by atoms with Crippen LogP contribution in [0.25, 0.3) is 0 Å². The van der Waals surface area contributed by atoms with Crippen LogP contribution >= 0.6 is 11.6 Å². The lowest BCUT2D eigenvalue weighted by Crippen LogP contribution is -1.99. The minimum Gasteiger partial charge on any atom is -0.497 e. The van der Waals surface area contributed by atoms with Gasteiger partial charge in [0.25, 0.3) is 0 Å². The van der Waals surface area contributed by atoms with Gasteiger partial charge in [0.1, 0.15) is 18.1 Å². The molecule has 0 fully saturated rings. The van der Waals surface area contributed by atoms with Gasteiger partial charge in [-0.2, -0.15) is 0 Å². The molecule has 0 bridgehead atoms. The Morgan fingerprint density at radius 3 is 2.71 bits per heavy atom. The molecule has 0 unspecified atom stereocenters. The fourth-order valence-corrected chi connectivity index (χ4v) is 1.97. The molecule has 0 aliphatic rings. The highest BCUT2D eigenvalue weighted by Gasteiger charge is 2.06. The Balaban J connectivity index is 2.21. The number of hydrogen-bond acceptors (Lipinski definition) is 3. The van der Waals surface area contributed by atoms with Crippen LogP contribution in [-0.4, -0.2) is 13.7 Å². The number of halogens is 1. The van der Waals surface area contributed by atoms with Gasteiger partial charge in [-0.25, -0.2) is 0 Å². The van der Waals surface area contributed by atoms with Crippen LogP contribution in [0.2, 0.25) is 5.02 Å². The first-order valence-corrected chi connectivity index (χ1v) is 6.85. The molecule has 0 saturated carbocycles. The third-order valence-electron chi connectivity index (χ3n) is 2.85. The van der Waals surface area contributed by atoms with Gasteiger partial charge in [-0.1, -0.05) is 41.6 Å². The van der Waals surface area contributed by atoms with Crippen LogP contribution in [0.5, 0.6) is 11.5 Å². The van der Waals surface area contributed by atoms with E-state index >= 15 is 0 Å². The van der Waals surface area contributed by atoms with Crippen molar-refractivity contribution in [2.75, 3.05) is 13.7 Å². The molecule has 0 amide bonds. The van der Waals surface area contributed by atoms with Gasteiger partial charge in [0.05, 0.1) is 19.2 Å². The second-order valence-corrected chi connectivity index (χ2v) is 4.66. The van der Waals surface area contributed by atoms with Crippen molar-refractivity contribution in [3.63, 3.8) is 0 Å². The van der Waals surface area contributed by atoms with Crippen molar-refractivity contribution in [3.8, 4) is 23.3 Å². The molecule has 0 heterocycles. The van der Waals surface area contributed by atoms with Crippen LogP contribution < -0.4 is 15.2 Å². The highest BCUT2D eigenvalue weighted by Crippen LogP contribution is 2.25. The molecule has 21 heavy (non-hydrogen) atoms. The summed E-state index contributed by atoms with van der Waals surface area (Å²) in [6.07, 6.45) is 0. The molecule has 0 aliphatic carbocycles. The van der Waals surface area contributed by atoms with Crippen LogP contribution in [0.4, 0.5) is 0 Å². The predicted octanol–water partition coefficient (Wildman–Crippen LogP) is 3.24. The van der Waals surface area contributed by atoms with Crippen molar-refractivity contribution >= 4 is 11.6 Å². The third kappa shape index (κ3) is 4.16. The Kier molecular flexibility index (Phi) is 5.51. The predicted molar refractivity (Wildman–Crippen MR) is 84.7 cm³/mol. The molecular weight excluding hydrogens is 286 g/mol. The Morgan fingerprint density at radius 1 is 1.19 bits per heavy atom. The van der Waals surface area contributed by atoms with Gasteiger partial charge in [0.15, 0.2) is 0 Å². The lowest BCUT2D eigenvalue weighted by Gasteiger charge is -2.10. The van der Waals surface area contributed by atoms with Crippen LogP contribution in [0.15, 0.2) is 42.5 Å². The third-order valence-corrected chi connectivity index (χ3v) is 3.22. The molecule has 2 N–H and O–H groups in total. The zero-order valence-electron chi connectivity index (χ0n) is 11.7. The van der Waals surface area contributed by atoms with Gasteiger partial charge >= 0.3 is 0 Å². The Bertz CT molecular complexity index is 674. The number of ether oxygens (including phenoxy) is 2. The molecule has 2 rings (SSSR count). The fourth-order valence-electron chi connectivity index (χ4n) is 1.78. The topological polar surface area (TPSA) is 44.5 Å². The zero-order valence-corrected chi connectivity index (χ0v) is 12.5. The lowest BCUT2D eigenvalue weighted by molar-refractivity contribution is 0.304. The van der Waals surface area contributed by atoms with Crippen LogP contribution in [-0.2, 0) is 6.61 Å². The number of benzene rings is 2. The van der Waals surface area contributed by atoms with Gasteiger partial charge in [-0.05, 0) is 24.3 Å². The molecule has 0 spiro atoms. The van der Waals surface area contributed by atoms with Crippen molar-refractivity contribution in [2.24, 2.45) is 5.73 Å². The summed E-state index contributed by atoms with van der Waals surface area (Å²) in [6, 6.07) is 13.1. The summed E-state index contributed by atoms with van der Waals surface area (Å²) in [6.45, 7) is 0.671. The number of rotatable bonds is 4. The lowest BCUT2D eigenvalue weighted by atomic mass is 10.2. The minimum absolute atomic E-state index is 0.293. The van der Waals surface area contributed by atoms with Crippen LogP contribution in [0.3, 0.4) is 0 Å². The summed E-state index contributed by atoms with van der Waals surface area (Å²) in [4.78, 5) is 0. The maximum absolute atomic E-state index is 6.12. The van der Waals surface area contributed by atoms with Gasteiger partial charge in [0, 0.05) is 10.6 Å². The SMILES string of the molecule is COc1ccc(OCc2ccccc2Cl)c(C#CCN)c1. The highest BCUT2D eigenvalue weighted by molar-refractivity contribution is 6.31. The van der Waals surface area contributed by atoms with Crippen molar-refractivity contribution in [1.29, 1.82) is 0 Å². The Labute approximate surface area is 129 Å². The van der Waals surface area contributed by atoms with E-state index in [1.807, 2.05) is 42.5 Å². The van der Waals surface area contributed by atoms with Crippen LogP contribution in [0.1, 0.15) is 11.1 Å². The first-order chi connectivity index (χ1) is 10.2. The van der Waals surface area contributed by atoms with Crippen LogP contribution in [0, 0.1) is 11.8 Å². The summed E-state index contributed by atoms with van der Waals surface area (Å²) in [5, 5.41) is 0.681. The van der Waals surface area contributed by atoms with Gasteiger partial charge in [-0.15, -0.1) is 0 Å². The van der Waals surface area contributed by atoms with Gasteiger partial charge in [0.2, 0.25) is 0 Å². The summed E-state index contributed by atoms with van der Waals surface area (Å²) in [5.41, 5.74) is 7.09. The van der Waals surface area contributed by atoms with E-state index in [1.54, 1.807) is 7.11 Å². The van der Waals surface area contributed by atoms with Crippen molar-refractivity contribution < 1.29 is 9.47 Å². The second kappa shape index (κ2) is 7.58. The van der Waals surface area contributed by atoms with E-state index in [0.717, 1.165) is 16.9 Å². The maximum atomic E-state index is 6.12. The van der Waals surface area contributed by atoms with Crippen molar-refractivity contribution in [1.82, 2.24) is 0 Å². The monoisotopic (exact) mass is 301 g/mol. The largest absolute Gasteiger partial charge is 0.497 e.